The van der Waals surface area contributed by atoms with Gasteiger partial charge in [0.2, 0.25) is 5.91 Å². The van der Waals surface area contributed by atoms with Gasteiger partial charge in [-0.2, -0.15) is 0 Å². The van der Waals surface area contributed by atoms with E-state index < -0.39 is 0 Å². The molecule has 0 unspecified atom stereocenters. The summed E-state index contributed by atoms with van der Waals surface area (Å²) in [6, 6.07) is 1.12. The zero-order valence-corrected chi connectivity index (χ0v) is 16.1. The lowest BCUT2D eigenvalue weighted by molar-refractivity contribution is -0.123. The van der Waals surface area contributed by atoms with Crippen LogP contribution in [0.15, 0.2) is 18.6 Å². The van der Waals surface area contributed by atoms with Crippen molar-refractivity contribution in [2.24, 2.45) is 11.7 Å². The molecular formula is C20H32N6O. The Morgan fingerprint density at radius 3 is 2.56 bits per heavy atom. The lowest BCUT2D eigenvalue weighted by Crippen LogP contribution is -2.47. The third-order valence-corrected chi connectivity index (χ3v) is 6.36. The zero-order chi connectivity index (χ0) is 18.6. The van der Waals surface area contributed by atoms with Gasteiger partial charge in [-0.05, 0) is 44.4 Å². The second-order valence-corrected chi connectivity index (χ2v) is 8.36. The molecule has 2 atom stereocenters. The molecule has 3 fully saturated rings. The molecule has 148 valence electrons. The summed E-state index contributed by atoms with van der Waals surface area (Å²) in [4.78, 5) is 25.9. The van der Waals surface area contributed by atoms with Crippen LogP contribution in [-0.2, 0) is 4.79 Å². The average Bonchev–Trinajstić information content (AvgIpc) is 3.44. The quantitative estimate of drug-likeness (QED) is 0.747. The van der Waals surface area contributed by atoms with E-state index in [1.54, 1.807) is 18.6 Å². The van der Waals surface area contributed by atoms with Crippen molar-refractivity contribution in [3.8, 4) is 0 Å². The van der Waals surface area contributed by atoms with E-state index >= 15 is 0 Å². The van der Waals surface area contributed by atoms with Crippen molar-refractivity contribution in [2.45, 2.75) is 63.1 Å². The highest BCUT2D eigenvalue weighted by atomic mass is 16.1. The molecule has 2 saturated heterocycles. The van der Waals surface area contributed by atoms with Crippen molar-refractivity contribution in [3.05, 3.63) is 18.6 Å². The molecule has 3 aliphatic rings. The van der Waals surface area contributed by atoms with E-state index in [-0.39, 0.29) is 11.9 Å². The van der Waals surface area contributed by atoms with E-state index in [0.717, 1.165) is 57.1 Å². The summed E-state index contributed by atoms with van der Waals surface area (Å²) in [7, 11) is 0. The number of aromatic nitrogens is 2. The van der Waals surface area contributed by atoms with E-state index in [4.69, 9.17) is 5.73 Å². The minimum Gasteiger partial charge on any atom is -0.355 e. The Hall–Kier alpha value is -1.73. The number of anilines is 1. The number of nitrogens with zero attached hydrogens (tertiary/aromatic N) is 4. The Bertz CT molecular complexity index is 614. The topological polar surface area (TPSA) is 87.4 Å². The summed E-state index contributed by atoms with van der Waals surface area (Å²) in [6.45, 7) is 3.67. The molecule has 2 aliphatic heterocycles. The number of hydrogen-bond donors (Lipinski definition) is 2. The van der Waals surface area contributed by atoms with Crippen molar-refractivity contribution < 1.29 is 4.79 Å². The highest BCUT2D eigenvalue weighted by molar-refractivity contribution is 5.77. The maximum absolute atomic E-state index is 12.7. The lowest BCUT2D eigenvalue weighted by atomic mass is 10.0. The highest BCUT2D eigenvalue weighted by Gasteiger charge is 2.37. The van der Waals surface area contributed by atoms with Gasteiger partial charge in [-0.25, -0.2) is 4.98 Å². The zero-order valence-electron chi connectivity index (χ0n) is 16.1. The maximum Gasteiger partial charge on any atom is 0.221 e. The first-order valence-corrected chi connectivity index (χ1v) is 10.5. The van der Waals surface area contributed by atoms with E-state index in [1.807, 2.05) is 0 Å². The summed E-state index contributed by atoms with van der Waals surface area (Å²) in [6.07, 6.45) is 12.7. The standard InChI is InChI=1S/C20H32N6O/c21-12-18-4-3-17(26(18)14-15-1-2-15)11-20(27)24-16-5-9-25(10-6-16)19-13-22-7-8-23-19/h7-8,13,15-18H,1-6,9-12,14,21H2,(H,24,27)/t17-,18+/m0/s1. The summed E-state index contributed by atoms with van der Waals surface area (Å²) in [5, 5.41) is 3.28. The van der Waals surface area contributed by atoms with Crippen LogP contribution in [0, 0.1) is 5.92 Å². The molecule has 4 rings (SSSR count). The highest BCUT2D eigenvalue weighted by Crippen LogP contribution is 2.35. The molecule has 0 bridgehead atoms. The van der Waals surface area contributed by atoms with Crippen molar-refractivity contribution >= 4 is 11.7 Å². The molecular weight excluding hydrogens is 340 g/mol. The van der Waals surface area contributed by atoms with Crippen LogP contribution in [0.3, 0.4) is 0 Å². The Morgan fingerprint density at radius 2 is 1.89 bits per heavy atom. The van der Waals surface area contributed by atoms with Gasteiger partial charge in [-0.1, -0.05) is 0 Å². The second-order valence-electron chi connectivity index (χ2n) is 8.36. The number of piperidine rings is 1. The molecule has 1 saturated carbocycles. The molecule has 7 nitrogen and oxygen atoms in total. The largest absolute Gasteiger partial charge is 0.355 e. The molecule has 0 spiro atoms. The van der Waals surface area contributed by atoms with Crippen LogP contribution in [0.5, 0.6) is 0 Å². The first-order valence-electron chi connectivity index (χ1n) is 10.5. The van der Waals surface area contributed by atoms with Crippen molar-refractivity contribution in [1.82, 2.24) is 20.2 Å². The predicted octanol–water partition coefficient (Wildman–Crippen LogP) is 1.15. The summed E-state index contributed by atoms with van der Waals surface area (Å²) < 4.78 is 0. The summed E-state index contributed by atoms with van der Waals surface area (Å²) >= 11 is 0. The van der Waals surface area contributed by atoms with Crippen molar-refractivity contribution in [2.75, 3.05) is 31.1 Å². The molecule has 1 aliphatic carbocycles. The van der Waals surface area contributed by atoms with Crippen molar-refractivity contribution in [3.63, 3.8) is 0 Å². The van der Waals surface area contributed by atoms with Gasteiger partial charge in [0.25, 0.3) is 0 Å². The number of nitrogens with one attached hydrogen (secondary N) is 1. The van der Waals surface area contributed by atoms with Gasteiger partial charge in [-0.15, -0.1) is 0 Å². The fraction of sp³-hybridized carbons (Fsp3) is 0.750. The third kappa shape index (κ3) is 4.76. The van der Waals surface area contributed by atoms with Crippen molar-refractivity contribution in [1.29, 1.82) is 0 Å². The Morgan fingerprint density at radius 1 is 1.11 bits per heavy atom. The van der Waals surface area contributed by atoms with Gasteiger partial charge >= 0.3 is 0 Å². The smallest absolute Gasteiger partial charge is 0.221 e. The van der Waals surface area contributed by atoms with Gasteiger partial charge in [0.05, 0.1) is 6.20 Å². The molecule has 1 amide bonds. The predicted molar refractivity (Wildman–Crippen MR) is 105 cm³/mol. The molecule has 3 heterocycles. The van der Waals surface area contributed by atoms with Gasteiger partial charge in [0.15, 0.2) is 0 Å². The first-order chi connectivity index (χ1) is 13.2. The molecule has 7 heteroatoms. The van der Waals surface area contributed by atoms with Gasteiger partial charge in [0.1, 0.15) is 5.82 Å². The molecule has 0 aromatic carbocycles. The number of nitrogens with two attached hydrogens (primary N) is 1. The Balaban J connectivity index is 1.23. The van der Waals surface area contributed by atoms with E-state index in [9.17, 15) is 4.79 Å². The van der Waals surface area contributed by atoms with E-state index in [0.29, 0.717) is 25.0 Å². The normalized spacial score (nSPS) is 27.1. The minimum absolute atomic E-state index is 0.205. The Kier molecular flexibility index (Phi) is 5.88. The molecule has 0 radical (unpaired) electrons. The number of hydrogen-bond acceptors (Lipinski definition) is 6. The van der Waals surface area contributed by atoms with Crippen LogP contribution in [0.25, 0.3) is 0 Å². The van der Waals surface area contributed by atoms with Crippen LogP contribution in [0.4, 0.5) is 5.82 Å². The lowest BCUT2D eigenvalue weighted by Gasteiger charge is -2.33. The number of carbonyl (C=O) groups excluding carboxylic acids is 1. The number of carbonyl (C=O) groups is 1. The molecule has 27 heavy (non-hydrogen) atoms. The van der Waals surface area contributed by atoms with Crippen LogP contribution >= 0.6 is 0 Å². The van der Waals surface area contributed by atoms with Crippen LogP contribution in [-0.4, -0.2) is 65.1 Å². The molecule has 1 aromatic rings. The average molecular weight is 373 g/mol. The molecule has 1 aromatic heterocycles. The van der Waals surface area contributed by atoms with Crippen LogP contribution in [0.1, 0.15) is 44.9 Å². The fourth-order valence-electron chi connectivity index (χ4n) is 4.59. The van der Waals surface area contributed by atoms with Gasteiger partial charge in [-0.3, -0.25) is 14.7 Å². The van der Waals surface area contributed by atoms with Gasteiger partial charge < -0.3 is 16.0 Å². The fourth-order valence-corrected chi connectivity index (χ4v) is 4.59. The second kappa shape index (κ2) is 8.52. The number of amides is 1. The Labute approximate surface area is 161 Å². The van der Waals surface area contributed by atoms with E-state index in [1.165, 1.54) is 12.8 Å². The monoisotopic (exact) mass is 372 g/mol. The molecule has 3 N–H and O–H groups in total. The minimum atomic E-state index is 0.205. The summed E-state index contributed by atoms with van der Waals surface area (Å²) in [5.41, 5.74) is 5.97. The summed E-state index contributed by atoms with van der Waals surface area (Å²) in [5.74, 6) is 1.97. The van der Waals surface area contributed by atoms with Crippen LogP contribution in [0.2, 0.25) is 0 Å². The van der Waals surface area contributed by atoms with Gasteiger partial charge in [0, 0.05) is 63.1 Å². The van der Waals surface area contributed by atoms with E-state index in [2.05, 4.69) is 25.1 Å². The maximum atomic E-state index is 12.7. The third-order valence-electron chi connectivity index (χ3n) is 6.36. The van der Waals surface area contributed by atoms with Crippen LogP contribution < -0.4 is 16.0 Å². The first kappa shape index (κ1) is 18.6. The number of likely N-dealkylation sites (tertiary alicyclic amines) is 1. The SMILES string of the molecule is NC[C@H]1CC[C@@H](CC(=O)NC2CCN(c3cnccn3)CC2)N1CC1CC1. The number of rotatable bonds is 7.